The molecule has 0 bridgehead atoms. The molecule has 7 nitrogen and oxygen atoms in total. The molecule has 4 aliphatic heterocycles. The van der Waals surface area contributed by atoms with Crippen LogP contribution in [-0.2, 0) is 14.3 Å². The predicted octanol–water partition coefficient (Wildman–Crippen LogP) is -1.49. The lowest BCUT2D eigenvalue weighted by Crippen LogP contribution is -3.26. The van der Waals surface area contributed by atoms with Gasteiger partial charge in [-0.3, -0.25) is 14.5 Å². The van der Waals surface area contributed by atoms with Gasteiger partial charge in [0.25, 0.3) is 0 Å². The Bertz CT molecular complexity index is 628. The van der Waals surface area contributed by atoms with Crippen LogP contribution in [0.1, 0.15) is 51.4 Å². The number of amides is 2. The van der Waals surface area contributed by atoms with Crippen LogP contribution in [-0.4, -0.2) is 78.3 Å². The molecule has 7 unspecified atom stereocenters. The summed E-state index contributed by atoms with van der Waals surface area (Å²) in [5.41, 5.74) is 0. The van der Waals surface area contributed by atoms with Crippen LogP contribution >= 0.6 is 0 Å². The second-order valence-electron chi connectivity index (χ2n) is 9.12. The molecule has 0 aromatic heterocycles. The lowest BCUT2D eigenvalue weighted by molar-refractivity contribution is -0.980. The Morgan fingerprint density at radius 2 is 1.81 bits per heavy atom. The molecule has 0 spiro atoms. The van der Waals surface area contributed by atoms with Crippen molar-refractivity contribution >= 4 is 11.8 Å². The van der Waals surface area contributed by atoms with Crippen molar-refractivity contribution in [1.29, 1.82) is 0 Å². The van der Waals surface area contributed by atoms with E-state index in [1.165, 1.54) is 4.90 Å². The van der Waals surface area contributed by atoms with Gasteiger partial charge in [0.1, 0.15) is 6.04 Å². The molecule has 8 atom stereocenters. The third-order valence-electron chi connectivity index (χ3n) is 7.98. The molecule has 1 saturated carbocycles. The van der Waals surface area contributed by atoms with Crippen LogP contribution in [0.15, 0.2) is 0 Å². The first-order chi connectivity index (χ1) is 13.1. The number of nitrogens with one attached hydrogen (secondary N) is 1. The number of methoxy groups -OCH3 is 1. The van der Waals surface area contributed by atoms with Crippen molar-refractivity contribution < 1.29 is 24.3 Å². The summed E-state index contributed by atoms with van der Waals surface area (Å²) in [7, 11) is 1.70. The smallest absolute Gasteiger partial charge is 0.228 e. The molecule has 5 fully saturated rings. The number of carbonyl (C=O) groups excluding carboxylic acids is 2. The molecule has 1 N–H and O–H groups in total. The van der Waals surface area contributed by atoms with Gasteiger partial charge in [0.05, 0.1) is 24.6 Å². The summed E-state index contributed by atoms with van der Waals surface area (Å²) in [5, 5.41) is 13.2. The van der Waals surface area contributed by atoms with Crippen molar-refractivity contribution in [3.8, 4) is 0 Å². The number of fused-ring (bicyclic) bond motifs is 7. The Morgan fingerprint density at radius 3 is 2.63 bits per heavy atom. The average molecular weight is 377 g/mol. The molecular formula is C20H31N3O4. The number of rotatable bonds is 1. The molecule has 4 saturated heterocycles. The van der Waals surface area contributed by atoms with E-state index in [1.807, 2.05) is 4.90 Å². The van der Waals surface area contributed by atoms with Crippen molar-refractivity contribution in [2.75, 3.05) is 20.2 Å². The van der Waals surface area contributed by atoms with Gasteiger partial charge < -0.3 is 19.6 Å². The Kier molecular flexibility index (Phi) is 4.44. The second kappa shape index (κ2) is 6.71. The van der Waals surface area contributed by atoms with E-state index < -0.39 is 6.10 Å². The summed E-state index contributed by atoms with van der Waals surface area (Å²) < 4.78 is 5.53. The minimum Gasteiger partial charge on any atom is -0.841 e. The first-order valence-electron chi connectivity index (χ1n) is 10.8. The molecular weight excluding hydrogens is 346 g/mol. The van der Waals surface area contributed by atoms with E-state index in [2.05, 4.69) is 4.90 Å². The molecule has 0 aromatic carbocycles. The number of nitrogens with zero attached hydrogens (tertiary/aromatic N) is 2. The first-order valence-corrected chi connectivity index (χ1v) is 10.8. The van der Waals surface area contributed by atoms with Gasteiger partial charge in [-0.15, -0.1) is 0 Å². The monoisotopic (exact) mass is 377 g/mol. The quantitative estimate of drug-likeness (QED) is 0.604. The summed E-state index contributed by atoms with van der Waals surface area (Å²) in [6, 6.07) is -0.217. The summed E-state index contributed by atoms with van der Waals surface area (Å²) in [6.45, 7) is 1.66. The Balaban J connectivity index is 1.57. The fourth-order valence-electron chi connectivity index (χ4n) is 6.74. The highest BCUT2D eigenvalue weighted by molar-refractivity contribution is 5.86. The summed E-state index contributed by atoms with van der Waals surface area (Å²) in [5.74, 6) is -0.105. The number of hydrogen-bond donors (Lipinski definition) is 1. The molecule has 1 aliphatic carbocycles. The molecule has 4 heterocycles. The molecule has 5 aliphatic rings. The molecule has 27 heavy (non-hydrogen) atoms. The van der Waals surface area contributed by atoms with Crippen LogP contribution in [0.25, 0.3) is 0 Å². The van der Waals surface area contributed by atoms with Gasteiger partial charge >= 0.3 is 0 Å². The van der Waals surface area contributed by atoms with Gasteiger partial charge in [-0.1, -0.05) is 12.8 Å². The zero-order valence-electron chi connectivity index (χ0n) is 16.1. The number of ether oxygens (including phenoxy) is 1. The van der Waals surface area contributed by atoms with Gasteiger partial charge in [0.2, 0.25) is 11.8 Å². The maximum atomic E-state index is 13.3. The number of piperidine rings is 1. The van der Waals surface area contributed by atoms with Crippen molar-refractivity contribution in [2.45, 2.75) is 87.9 Å². The lowest BCUT2D eigenvalue weighted by Gasteiger charge is -2.56. The average Bonchev–Trinajstić information content (AvgIpc) is 3.15. The topological polar surface area (TPSA) is 77.4 Å². The highest BCUT2D eigenvalue weighted by atomic mass is 16.5. The van der Waals surface area contributed by atoms with Crippen LogP contribution < -0.4 is 10.0 Å². The van der Waals surface area contributed by atoms with E-state index >= 15 is 0 Å². The SMILES string of the molecule is COC1CC[NH+]2C(C1)C([O-])C(=O)N1C3CCCCC3C(=O)N3CCC[C@H]3C12. The molecule has 150 valence electrons. The van der Waals surface area contributed by atoms with E-state index in [4.69, 9.17) is 4.74 Å². The molecule has 0 aromatic rings. The van der Waals surface area contributed by atoms with E-state index in [-0.39, 0.29) is 48.1 Å². The van der Waals surface area contributed by atoms with E-state index in [1.54, 1.807) is 7.11 Å². The molecule has 5 rings (SSSR count). The van der Waals surface area contributed by atoms with Crippen LogP contribution in [0, 0.1) is 5.92 Å². The van der Waals surface area contributed by atoms with Gasteiger partial charge in [-0.05, 0) is 25.7 Å². The fourth-order valence-corrected chi connectivity index (χ4v) is 6.74. The highest BCUT2D eigenvalue weighted by Gasteiger charge is 2.59. The minimum absolute atomic E-state index is 0.0370. The van der Waals surface area contributed by atoms with E-state index in [0.29, 0.717) is 6.42 Å². The fraction of sp³-hybridized carbons (Fsp3) is 0.900. The van der Waals surface area contributed by atoms with Gasteiger partial charge in [0.15, 0.2) is 6.17 Å². The van der Waals surface area contributed by atoms with Crippen molar-refractivity contribution in [3.63, 3.8) is 0 Å². The van der Waals surface area contributed by atoms with Gasteiger partial charge in [-0.2, -0.15) is 0 Å². The van der Waals surface area contributed by atoms with E-state index in [0.717, 1.165) is 58.0 Å². The molecule has 0 radical (unpaired) electrons. The number of carbonyl (C=O) groups is 2. The standard InChI is InChI=1S/C20H30N3O4/c1-27-12-8-10-21-16(11-12)17(24)20(26)23-14-6-3-2-5-13(14)19(25)22-9-4-7-15(22)18(21)23/h12-18H,2-11H2,1H3/q-1/p+1/t12?,13?,14?,15-,16?,17?,18?/m0/s1. The highest BCUT2D eigenvalue weighted by Crippen LogP contribution is 2.39. The zero-order chi connectivity index (χ0) is 18.7. The largest absolute Gasteiger partial charge is 0.841 e. The number of quaternary nitrogens is 1. The first kappa shape index (κ1) is 17.9. The Labute approximate surface area is 160 Å². The van der Waals surface area contributed by atoms with Gasteiger partial charge in [-0.25, -0.2) is 0 Å². The Morgan fingerprint density at radius 1 is 1.04 bits per heavy atom. The lowest BCUT2D eigenvalue weighted by atomic mass is 9.81. The van der Waals surface area contributed by atoms with Crippen LogP contribution in [0.4, 0.5) is 0 Å². The number of hydrogen-bond acceptors (Lipinski definition) is 4. The normalized spacial score (nSPS) is 47.0. The summed E-state index contributed by atoms with van der Waals surface area (Å²) in [4.78, 5) is 31.9. The summed E-state index contributed by atoms with van der Waals surface area (Å²) >= 11 is 0. The van der Waals surface area contributed by atoms with Crippen LogP contribution in [0.2, 0.25) is 0 Å². The van der Waals surface area contributed by atoms with Crippen LogP contribution in [0.3, 0.4) is 0 Å². The minimum atomic E-state index is -1.22. The zero-order valence-corrected chi connectivity index (χ0v) is 16.1. The van der Waals surface area contributed by atoms with Crippen molar-refractivity contribution in [2.24, 2.45) is 5.92 Å². The third-order valence-corrected chi connectivity index (χ3v) is 7.98. The third kappa shape index (κ3) is 2.58. The maximum absolute atomic E-state index is 13.3. The predicted molar refractivity (Wildman–Crippen MR) is 94.6 cm³/mol. The molecule has 2 amide bonds. The molecule has 7 heteroatoms. The summed E-state index contributed by atoms with van der Waals surface area (Å²) in [6.07, 6.45) is 6.17. The maximum Gasteiger partial charge on any atom is 0.228 e. The van der Waals surface area contributed by atoms with Gasteiger partial charge in [0, 0.05) is 38.6 Å². The van der Waals surface area contributed by atoms with E-state index in [9.17, 15) is 14.7 Å². The van der Waals surface area contributed by atoms with Crippen molar-refractivity contribution in [1.82, 2.24) is 9.80 Å². The Hall–Kier alpha value is -1.18. The second-order valence-corrected chi connectivity index (χ2v) is 9.12. The van der Waals surface area contributed by atoms with Crippen molar-refractivity contribution in [3.05, 3.63) is 0 Å². The van der Waals surface area contributed by atoms with Crippen LogP contribution in [0.5, 0.6) is 0 Å².